The second-order valence-electron chi connectivity index (χ2n) is 11.8. The Morgan fingerprint density at radius 3 is 2.00 bits per heavy atom. The maximum Gasteiger partial charge on any atom is 0.135 e. The summed E-state index contributed by atoms with van der Waals surface area (Å²) in [5.74, 6) is 1.83. The van der Waals surface area contributed by atoms with Gasteiger partial charge in [-0.2, -0.15) is 0 Å². The highest BCUT2D eigenvalue weighted by molar-refractivity contribution is 6.16. The van der Waals surface area contributed by atoms with Crippen molar-refractivity contribution in [1.82, 2.24) is 4.57 Å². The number of rotatable bonds is 2. The molecule has 2 nitrogen and oxygen atoms in total. The van der Waals surface area contributed by atoms with Crippen LogP contribution in [0.1, 0.15) is 0 Å². The minimum atomic E-state index is 0.912. The first-order valence-electron chi connectivity index (χ1n) is 15.1. The average Bonchev–Trinajstić information content (AvgIpc) is 3.39. The Kier molecular flexibility index (Phi) is 4.75. The molecule has 0 atom stereocenters. The van der Waals surface area contributed by atoms with Crippen LogP contribution >= 0.6 is 0 Å². The van der Waals surface area contributed by atoms with Crippen LogP contribution in [0.5, 0.6) is 11.5 Å². The smallest absolute Gasteiger partial charge is 0.135 e. The number of fused-ring (bicyclic) bond motifs is 7. The van der Waals surface area contributed by atoms with Crippen molar-refractivity contribution in [3.05, 3.63) is 152 Å². The maximum atomic E-state index is 6.39. The Hall–Kier alpha value is -5.86. The number of ether oxygens (including phenoxy) is 1. The van der Waals surface area contributed by atoms with Crippen molar-refractivity contribution in [2.24, 2.45) is 0 Å². The van der Waals surface area contributed by atoms with Crippen LogP contribution in [0.4, 0.5) is 0 Å². The van der Waals surface area contributed by atoms with Crippen molar-refractivity contribution < 1.29 is 4.74 Å². The molecule has 2 heteroatoms. The van der Waals surface area contributed by atoms with E-state index < -0.39 is 0 Å². The summed E-state index contributed by atoms with van der Waals surface area (Å²) in [7, 11) is 0. The molecular formula is C42H25NO. The number of hydrogen-bond acceptors (Lipinski definition) is 1. The van der Waals surface area contributed by atoms with E-state index in [1.165, 1.54) is 76.5 Å². The number of nitrogens with zero attached hydrogens (tertiary/aromatic N) is 1. The van der Waals surface area contributed by atoms with Gasteiger partial charge in [-0.3, -0.25) is 0 Å². The summed E-state index contributed by atoms with van der Waals surface area (Å²) in [6.45, 7) is 0. The molecule has 0 fully saturated rings. The van der Waals surface area contributed by atoms with Gasteiger partial charge in [0.2, 0.25) is 0 Å². The lowest BCUT2D eigenvalue weighted by molar-refractivity contribution is 0.487. The van der Waals surface area contributed by atoms with E-state index in [-0.39, 0.29) is 0 Å². The normalized spacial score (nSPS) is 12.3. The zero-order valence-electron chi connectivity index (χ0n) is 23.8. The van der Waals surface area contributed by atoms with Gasteiger partial charge in [0.15, 0.2) is 0 Å². The Morgan fingerprint density at radius 1 is 0.386 bits per heavy atom. The average molecular weight is 560 g/mol. The standard InChI is InChI=1S/C42H25NO/c1-2-9-27-22-31(18-16-26(27)8-1)43-38-20-17-30(24-36(38)37-23-28-10-3-4-11-29(28)25-39(37)43)32-19-21-41-42-34(32)13-7-14-35(42)33-12-5-6-15-40(33)44-41/h1-25H. The number of benzene rings is 8. The molecule has 0 bridgehead atoms. The van der Waals surface area contributed by atoms with E-state index in [1.54, 1.807) is 0 Å². The van der Waals surface area contributed by atoms with E-state index in [0.717, 1.165) is 17.1 Å². The quantitative estimate of drug-likeness (QED) is 0.205. The van der Waals surface area contributed by atoms with Gasteiger partial charge in [0.05, 0.1) is 11.0 Å². The van der Waals surface area contributed by atoms with Crippen LogP contribution in [-0.2, 0) is 0 Å². The predicted octanol–water partition coefficient (Wildman–Crippen LogP) is 11.7. The van der Waals surface area contributed by atoms with Crippen molar-refractivity contribution in [3.63, 3.8) is 0 Å². The molecule has 1 aliphatic heterocycles. The molecule has 0 radical (unpaired) electrons. The second-order valence-corrected chi connectivity index (χ2v) is 11.8. The fourth-order valence-corrected chi connectivity index (χ4v) is 7.30. The Bertz CT molecular complexity index is 2640. The Labute approximate surface area is 254 Å². The molecule has 0 amide bonds. The molecule has 1 aliphatic rings. The molecular weight excluding hydrogens is 534 g/mol. The molecule has 0 saturated carbocycles. The SMILES string of the molecule is c1ccc2c(c1)Oc1ccc(-c3ccc4c(c3)c3cc5ccccc5cc3n4-c3ccc4ccccc4c3)c3cccc-2c13. The molecule has 0 aliphatic carbocycles. The molecule has 0 spiro atoms. The zero-order chi connectivity index (χ0) is 28.8. The van der Waals surface area contributed by atoms with E-state index in [4.69, 9.17) is 4.74 Å². The summed E-state index contributed by atoms with van der Waals surface area (Å²) in [5.41, 5.74) is 8.37. The first-order valence-corrected chi connectivity index (χ1v) is 15.1. The van der Waals surface area contributed by atoms with E-state index in [9.17, 15) is 0 Å². The van der Waals surface area contributed by atoms with Crippen LogP contribution < -0.4 is 4.74 Å². The molecule has 8 aromatic carbocycles. The van der Waals surface area contributed by atoms with Crippen molar-refractivity contribution in [2.45, 2.75) is 0 Å². The Balaban J connectivity index is 1.25. The lowest BCUT2D eigenvalue weighted by Crippen LogP contribution is -1.97. The molecule has 204 valence electrons. The topological polar surface area (TPSA) is 14.2 Å². The zero-order valence-corrected chi connectivity index (χ0v) is 23.8. The summed E-state index contributed by atoms with van der Waals surface area (Å²) in [4.78, 5) is 0. The second kappa shape index (κ2) is 8.82. The summed E-state index contributed by atoms with van der Waals surface area (Å²) >= 11 is 0. The van der Waals surface area contributed by atoms with Gasteiger partial charge in [0.25, 0.3) is 0 Å². The van der Waals surface area contributed by atoms with Crippen LogP contribution in [0.2, 0.25) is 0 Å². The third kappa shape index (κ3) is 3.31. The third-order valence-corrected chi connectivity index (χ3v) is 9.33. The highest BCUT2D eigenvalue weighted by Crippen LogP contribution is 2.49. The summed E-state index contributed by atoms with van der Waals surface area (Å²) in [6.07, 6.45) is 0. The van der Waals surface area contributed by atoms with E-state index >= 15 is 0 Å². The fraction of sp³-hybridized carbons (Fsp3) is 0. The first-order chi connectivity index (χ1) is 21.8. The monoisotopic (exact) mass is 559 g/mol. The highest BCUT2D eigenvalue weighted by atomic mass is 16.5. The molecule has 9 aromatic rings. The van der Waals surface area contributed by atoms with Crippen molar-refractivity contribution >= 4 is 54.1 Å². The lowest BCUT2D eigenvalue weighted by Gasteiger charge is -2.22. The van der Waals surface area contributed by atoms with Gasteiger partial charge in [-0.15, -0.1) is 0 Å². The van der Waals surface area contributed by atoms with Crippen LogP contribution in [0, 0.1) is 0 Å². The van der Waals surface area contributed by atoms with Crippen LogP contribution in [0.15, 0.2) is 152 Å². The predicted molar refractivity (Wildman–Crippen MR) is 184 cm³/mol. The van der Waals surface area contributed by atoms with Gasteiger partial charge in [-0.1, -0.05) is 103 Å². The van der Waals surface area contributed by atoms with Crippen molar-refractivity contribution in [1.29, 1.82) is 0 Å². The van der Waals surface area contributed by atoms with Gasteiger partial charge in [0, 0.05) is 27.4 Å². The lowest BCUT2D eigenvalue weighted by atomic mass is 9.90. The minimum absolute atomic E-state index is 0.912. The summed E-state index contributed by atoms with van der Waals surface area (Å²) < 4.78 is 8.81. The van der Waals surface area contributed by atoms with E-state index in [2.05, 4.69) is 144 Å². The number of aromatic nitrogens is 1. The third-order valence-electron chi connectivity index (χ3n) is 9.33. The fourth-order valence-electron chi connectivity index (χ4n) is 7.30. The van der Waals surface area contributed by atoms with Gasteiger partial charge in [-0.25, -0.2) is 0 Å². The molecule has 10 rings (SSSR count). The van der Waals surface area contributed by atoms with Gasteiger partial charge in [0.1, 0.15) is 11.5 Å². The van der Waals surface area contributed by atoms with Crippen molar-refractivity contribution in [2.75, 3.05) is 0 Å². The Morgan fingerprint density at radius 2 is 1.11 bits per heavy atom. The van der Waals surface area contributed by atoms with Gasteiger partial charge < -0.3 is 9.30 Å². The summed E-state index contributed by atoms with van der Waals surface area (Å²) in [5, 5.41) is 9.87. The van der Waals surface area contributed by atoms with Crippen LogP contribution in [0.25, 0.3) is 82.1 Å². The molecule has 0 saturated heterocycles. The molecule has 1 aromatic heterocycles. The van der Waals surface area contributed by atoms with Crippen molar-refractivity contribution in [3.8, 4) is 39.4 Å². The molecule has 0 N–H and O–H groups in total. The largest absolute Gasteiger partial charge is 0.456 e. The first kappa shape index (κ1) is 23.7. The minimum Gasteiger partial charge on any atom is -0.456 e. The van der Waals surface area contributed by atoms with Crippen LogP contribution in [-0.4, -0.2) is 4.57 Å². The molecule has 2 heterocycles. The van der Waals surface area contributed by atoms with Crippen LogP contribution in [0.3, 0.4) is 0 Å². The molecule has 44 heavy (non-hydrogen) atoms. The van der Waals surface area contributed by atoms with E-state index in [1.807, 2.05) is 12.1 Å². The molecule has 0 unspecified atom stereocenters. The highest BCUT2D eigenvalue weighted by Gasteiger charge is 2.22. The number of para-hydroxylation sites is 1. The number of hydrogen-bond donors (Lipinski definition) is 0. The maximum absolute atomic E-state index is 6.39. The van der Waals surface area contributed by atoms with Gasteiger partial charge >= 0.3 is 0 Å². The van der Waals surface area contributed by atoms with E-state index in [0.29, 0.717) is 0 Å². The van der Waals surface area contributed by atoms with Gasteiger partial charge in [-0.05, 0) is 92.2 Å². The summed E-state index contributed by atoms with van der Waals surface area (Å²) in [6, 6.07) is 55.0.